The zero-order valence-corrected chi connectivity index (χ0v) is 14.6. The van der Waals surface area contributed by atoms with Gasteiger partial charge in [-0.15, -0.1) is 0 Å². The Kier molecular flexibility index (Phi) is 4.41. The van der Waals surface area contributed by atoms with Gasteiger partial charge in [0.25, 0.3) is 0 Å². The second-order valence-electron chi connectivity index (χ2n) is 6.03. The van der Waals surface area contributed by atoms with Crippen molar-refractivity contribution in [2.75, 3.05) is 13.2 Å². The summed E-state index contributed by atoms with van der Waals surface area (Å²) in [5, 5.41) is 13.7. The molecule has 24 heavy (non-hydrogen) atoms. The first-order valence-corrected chi connectivity index (χ1v) is 8.17. The van der Waals surface area contributed by atoms with Crippen molar-refractivity contribution in [1.82, 2.24) is 9.78 Å². The van der Waals surface area contributed by atoms with Gasteiger partial charge >= 0.3 is 5.97 Å². The van der Waals surface area contributed by atoms with E-state index in [0.717, 1.165) is 17.5 Å². The van der Waals surface area contributed by atoms with E-state index in [0.29, 0.717) is 35.4 Å². The maximum absolute atomic E-state index is 11.2. The number of nitrogens with zero attached hydrogens (tertiary/aromatic N) is 2. The van der Waals surface area contributed by atoms with Crippen molar-refractivity contribution in [3.63, 3.8) is 0 Å². The average molecular weight is 351 g/mol. The summed E-state index contributed by atoms with van der Waals surface area (Å²) in [6, 6.07) is 3.34. The van der Waals surface area contributed by atoms with Crippen molar-refractivity contribution in [3.05, 3.63) is 28.4 Å². The van der Waals surface area contributed by atoms with Gasteiger partial charge in [-0.05, 0) is 18.1 Å². The Morgan fingerprint density at radius 3 is 2.54 bits per heavy atom. The lowest BCUT2D eigenvalue weighted by atomic mass is 9.93. The van der Waals surface area contributed by atoms with Crippen LogP contribution in [-0.2, 0) is 7.05 Å². The van der Waals surface area contributed by atoms with E-state index in [-0.39, 0.29) is 11.6 Å². The Balaban J connectivity index is 2.26. The van der Waals surface area contributed by atoms with Gasteiger partial charge in [-0.3, -0.25) is 4.68 Å². The number of benzene rings is 1. The Bertz CT molecular complexity index is 798. The molecular formula is C17H19ClN2O4. The van der Waals surface area contributed by atoms with Crippen molar-refractivity contribution in [2.45, 2.75) is 26.2 Å². The largest absolute Gasteiger partial charge is 0.489 e. The molecule has 2 heterocycles. The molecule has 0 saturated heterocycles. The third-order valence-corrected chi connectivity index (χ3v) is 4.24. The second-order valence-corrected chi connectivity index (χ2v) is 6.43. The number of hydrogen-bond acceptors (Lipinski definition) is 4. The Morgan fingerprint density at radius 1 is 1.29 bits per heavy atom. The van der Waals surface area contributed by atoms with Crippen molar-refractivity contribution in [2.24, 2.45) is 7.05 Å². The molecule has 0 amide bonds. The molecule has 0 fully saturated rings. The molecule has 1 N–H and O–H groups in total. The normalized spacial score (nSPS) is 13.9. The number of aromatic nitrogens is 2. The molecule has 1 aromatic heterocycles. The first-order valence-electron chi connectivity index (χ1n) is 7.79. The van der Waals surface area contributed by atoms with E-state index in [2.05, 4.69) is 18.9 Å². The molecule has 0 bridgehead atoms. The van der Waals surface area contributed by atoms with Crippen LogP contribution in [0.2, 0.25) is 5.02 Å². The predicted molar refractivity (Wildman–Crippen MR) is 90.3 cm³/mol. The first kappa shape index (κ1) is 16.6. The molecule has 0 aliphatic carbocycles. The highest BCUT2D eigenvalue weighted by atomic mass is 35.5. The Morgan fingerprint density at radius 2 is 1.96 bits per heavy atom. The number of carboxylic acid groups (broad SMARTS) is 1. The van der Waals surface area contributed by atoms with Crippen LogP contribution in [0.5, 0.6) is 11.5 Å². The van der Waals surface area contributed by atoms with E-state index in [9.17, 15) is 9.90 Å². The number of hydrogen-bond donors (Lipinski definition) is 1. The third-order valence-electron chi connectivity index (χ3n) is 3.96. The Labute approximate surface area is 144 Å². The smallest absolute Gasteiger partial charge is 0.356 e. The van der Waals surface area contributed by atoms with Gasteiger partial charge in [-0.1, -0.05) is 25.4 Å². The summed E-state index contributed by atoms with van der Waals surface area (Å²) in [6.07, 6.45) is 0.784. The number of halogens is 1. The molecule has 1 aromatic carbocycles. The molecule has 1 aliphatic rings. The van der Waals surface area contributed by atoms with Crippen LogP contribution in [0.1, 0.15) is 42.2 Å². The summed E-state index contributed by atoms with van der Waals surface area (Å²) < 4.78 is 13.2. The summed E-state index contributed by atoms with van der Waals surface area (Å²) in [4.78, 5) is 11.2. The standard InChI is InChI=1S/C17H19ClN2O4/c1-9(2)14-10(13-8-12(17(21)22)19-20(13)3)7-11(18)15-16(14)24-6-4-5-23-15/h7-9H,4-6H2,1-3H3,(H,21,22). The number of ether oxygens (including phenoxy) is 2. The molecule has 0 saturated carbocycles. The highest BCUT2D eigenvalue weighted by molar-refractivity contribution is 6.32. The van der Waals surface area contributed by atoms with Crippen LogP contribution in [0.3, 0.4) is 0 Å². The fraction of sp³-hybridized carbons (Fsp3) is 0.412. The fourth-order valence-corrected chi connectivity index (χ4v) is 3.17. The summed E-state index contributed by atoms with van der Waals surface area (Å²) in [5.41, 5.74) is 2.41. The lowest BCUT2D eigenvalue weighted by molar-refractivity contribution is 0.0689. The number of aromatic carboxylic acids is 1. The first-order chi connectivity index (χ1) is 11.4. The lowest BCUT2D eigenvalue weighted by Crippen LogP contribution is -2.04. The molecule has 7 heteroatoms. The predicted octanol–water partition coefficient (Wildman–Crippen LogP) is 3.72. The molecule has 1 aliphatic heterocycles. The summed E-state index contributed by atoms with van der Waals surface area (Å²) >= 11 is 6.42. The van der Waals surface area contributed by atoms with Gasteiger partial charge in [0.1, 0.15) is 0 Å². The number of fused-ring (bicyclic) bond motifs is 1. The van der Waals surface area contributed by atoms with E-state index in [1.807, 2.05) is 0 Å². The monoisotopic (exact) mass is 350 g/mol. The Hall–Kier alpha value is -2.21. The zero-order chi connectivity index (χ0) is 17.4. The van der Waals surface area contributed by atoms with Crippen LogP contribution in [-0.4, -0.2) is 34.1 Å². The van der Waals surface area contributed by atoms with Crippen LogP contribution in [0.25, 0.3) is 11.3 Å². The second kappa shape index (κ2) is 6.36. The molecule has 6 nitrogen and oxygen atoms in total. The van der Waals surface area contributed by atoms with Gasteiger partial charge in [-0.2, -0.15) is 5.10 Å². The number of rotatable bonds is 3. The molecule has 0 unspecified atom stereocenters. The highest BCUT2D eigenvalue weighted by Crippen LogP contribution is 2.47. The maximum atomic E-state index is 11.2. The lowest BCUT2D eigenvalue weighted by Gasteiger charge is -2.20. The third kappa shape index (κ3) is 2.82. The minimum Gasteiger partial charge on any atom is -0.489 e. The molecule has 0 radical (unpaired) electrons. The van der Waals surface area contributed by atoms with Gasteiger partial charge in [-0.25, -0.2) is 4.79 Å². The van der Waals surface area contributed by atoms with Crippen LogP contribution in [0.15, 0.2) is 12.1 Å². The highest BCUT2D eigenvalue weighted by Gasteiger charge is 2.26. The van der Waals surface area contributed by atoms with Crippen molar-refractivity contribution < 1.29 is 19.4 Å². The van der Waals surface area contributed by atoms with Gasteiger partial charge in [0.15, 0.2) is 17.2 Å². The van der Waals surface area contributed by atoms with Gasteiger partial charge in [0, 0.05) is 24.6 Å². The van der Waals surface area contributed by atoms with Gasteiger partial charge < -0.3 is 14.6 Å². The summed E-state index contributed by atoms with van der Waals surface area (Å²) in [7, 11) is 1.71. The zero-order valence-electron chi connectivity index (χ0n) is 13.8. The molecule has 2 aromatic rings. The number of carboxylic acids is 1. The summed E-state index contributed by atoms with van der Waals surface area (Å²) in [5.74, 6) is 0.268. The SMILES string of the molecule is CC(C)c1c(-c2cc(C(=O)O)nn2C)cc(Cl)c2c1OCCCO2. The van der Waals surface area contributed by atoms with Gasteiger partial charge in [0.2, 0.25) is 0 Å². The van der Waals surface area contributed by atoms with Crippen molar-refractivity contribution in [3.8, 4) is 22.8 Å². The van der Waals surface area contributed by atoms with E-state index in [1.165, 1.54) is 0 Å². The van der Waals surface area contributed by atoms with Crippen LogP contribution in [0, 0.1) is 0 Å². The average Bonchev–Trinajstić information content (AvgIpc) is 2.74. The molecular weight excluding hydrogens is 332 g/mol. The van der Waals surface area contributed by atoms with E-state index in [4.69, 9.17) is 21.1 Å². The fourth-order valence-electron chi connectivity index (χ4n) is 2.92. The van der Waals surface area contributed by atoms with Crippen molar-refractivity contribution >= 4 is 17.6 Å². The molecule has 3 rings (SSSR count). The van der Waals surface area contributed by atoms with E-state index >= 15 is 0 Å². The summed E-state index contributed by atoms with van der Waals surface area (Å²) in [6.45, 7) is 5.21. The minimum absolute atomic E-state index is 0.00885. The minimum atomic E-state index is -1.07. The number of carbonyl (C=O) groups is 1. The molecule has 128 valence electrons. The topological polar surface area (TPSA) is 73.6 Å². The van der Waals surface area contributed by atoms with Crippen LogP contribution in [0.4, 0.5) is 0 Å². The van der Waals surface area contributed by atoms with Crippen LogP contribution < -0.4 is 9.47 Å². The maximum Gasteiger partial charge on any atom is 0.356 e. The molecule has 0 atom stereocenters. The van der Waals surface area contributed by atoms with Crippen LogP contribution >= 0.6 is 11.6 Å². The van der Waals surface area contributed by atoms with E-state index in [1.54, 1.807) is 23.9 Å². The molecule has 0 spiro atoms. The quantitative estimate of drug-likeness (QED) is 0.913. The van der Waals surface area contributed by atoms with Gasteiger partial charge in [0.05, 0.1) is 23.9 Å². The van der Waals surface area contributed by atoms with Crippen molar-refractivity contribution in [1.29, 1.82) is 0 Å². The van der Waals surface area contributed by atoms with E-state index < -0.39 is 5.97 Å². The number of aryl methyl sites for hydroxylation is 1.